The molecule has 0 unspecified atom stereocenters. The van der Waals surface area contributed by atoms with E-state index in [4.69, 9.17) is 4.74 Å². The Morgan fingerprint density at radius 1 is 1.40 bits per heavy atom. The highest BCUT2D eigenvalue weighted by atomic mass is 16.5. The van der Waals surface area contributed by atoms with Crippen molar-refractivity contribution in [3.63, 3.8) is 0 Å². The Kier molecular flexibility index (Phi) is 5.62. The lowest BCUT2D eigenvalue weighted by molar-refractivity contribution is 0.166. The topological polar surface area (TPSA) is 24.5 Å². The van der Waals surface area contributed by atoms with E-state index in [1.165, 1.54) is 11.1 Å². The van der Waals surface area contributed by atoms with Crippen LogP contribution >= 0.6 is 0 Å². The summed E-state index contributed by atoms with van der Waals surface area (Å²) in [6.45, 7) is 10.4. The van der Waals surface area contributed by atoms with Gasteiger partial charge in [-0.15, -0.1) is 6.58 Å². The van der Waals surface area contributed by atoms with Gasteiger partial charge in [-0.1, -0.05) is 18.2 Å². The van der Waals surface area contributed by atoms with E-state index in [2.05, 4.69) is 41.9 Å². The second kappa shape index (κ2) is 7.46. The number of aryl methyl sites for hydroxylation is 1. The first-order valence-electron chi connectivity index (χ1n) is 7.46. The van der Waals surface area contributed by atoms with Crippen molar-refractivity contribution >= 4 is 0 Å². The first-order chi connectivity index (χ1) is 9.76. The van der Waals surface area contributed by atoms with Gasteiger partial charge in [0.1, 0.15) is 5.75 Å². The minimum absolute atomic E-state index is 0.486. The van der Waals surface area contributed by atoms with Crippen LogP contribution in [0.5, 0.6) is 5.75 Å². The summed E-state index contributed by atoms with van der Waals surface area (Å²) in [7, 11) is 1.73. The fourth-order valence-corrected chi connectivity index (χ4v) is 2.94. The number of rotatable bonds is 6. The maximum Gasteiger partial charge on any atom is 0.121 e. The van der Waals surface area contributed by atoms with Crippen LogP contribution < -0.4 is 10.1 Å². The molecule has 1 saturated heterocycles. The molecule has 1 aliphatic heterocycles. The molecular weight excluding hydrogens is 248 g/mol. The fraction of sp³-hybridized carbons (Fsp3) is 0.529. The third-order valence-corrected chi connectivity index (χ3v) is 4.04. The molecule has 1 aromatic rings. The van der Waals surface area contributed by atoms with E-state index >= 15 is 0 Å². The van der Waals surface area contributed by atoms with E-state index in [1.807, 2.05) is 6.08 Å². The summed E-state index contributed by atoms with van der Waals surface area (Å²) in [5.74, 6) is 0.969. The van der Waals surface area contributed by atoms with Crippen LogP contribution in [0.1, 0.15) is 30.0 Å². The number of piperazine rings is 1. The summed E-state index contributed by atoms with van der Waals surface area (Å²) in [5.41, 5.74) is 2.61. The highest BCUT2D eigenvalue weighted by molar-refractivity contribution is 5.37. The molecule has 1 aliphatic rings. The number of benzene rings is 1. The van der Waals surface area contributed by atoms with Crippen molar-refractivity contribution < 1.29 is 4.74 Å². The number of nitrogens with one attached hydrogen (secondary N) is 1. The minimum atomic E-state index is 0.486. The summed E-state index contributed by atoms with van der Waals surface area (Å²) in [6, 6.07) is 7.06. The Labute approximate surface area is 122 Å². The standard InChI is InChI=1S/C17H26N2O/c1-4-5-6-16(19-11-9-18-10-12-19)15-7-8-17(20-3)14(2)13-15/h4,7-8,13,16,18H,1,5-6,9-12H2,2-3H3/t16-/m0/s1. The zero-order valence-corrected chi connectivity index (χ0v) is 12.7. The van der Waals surface area contributed by atoms with Gasteiger partial charge in [-0.3, -0.25) is 4.90 Å². The second-order valence-electron chi connectivity index (χ2n) is 5.40. The average molecular weight is 274 g/mol. The van der Waals surface area contributed by atoms with Crippen LogP contribution in [0.3, 0.4) is 0 Å². The van der Waals surface area contributed by atoms with E-state index in [9.17, 15) is 0 Å². The molecule has 2 rings (SSSR count). The monoisotopic (exact) mass is 274 g/mol. The molecule has 0 bridgehead atoms. The normalized spacial score (nSPS) is 17.7. The van der Waals surface area contributed by atoms with Crippen molar-refractivity contribution in [1.82, 2.24) is 10.2 Å². The molecule has 20 heavy (non-hydrogen) atoms. The predicted molar refractivity (Wildman–Crippen MR) is 84.3 cm³/mol. The van der Waals surface area contributed by atoms with Crippen molar-refractivity contribution in [2.45, 2.75) is 25.8 Å². The Bertz CT molecular complexity index is 439. The van der Waals surface area contributed by atoms with Crippen LogP contribution in [0.2, 0.25) is 0 Å². The molecule has 1 heterocycles. The van der Waals surface area contributed by atoms with Gasteiger partial charge in [-0.2, -0.15) is 0 Å². The highest BCUT2D eigenvalue weighted by Gasteiger charge is 2.21. The Balaban J connectivity index is 2.20. The van der Waals surface area contributed by atoms with Gasteiger partial charge in [0.2, 0.25) is 0 Å². The SMILES string of the molecule is C=CCC[C@@H](c1ccc(OC)c(C)c1)N1CCNCC1. The third kappa shape index (κ3) is 3.62. The number of hydrogen-bond acceptors (Lipinski definition) is 3. The van der Waals surface area contributed by atoms with Crippen molar-refractivity contribution in [3.8, 4) is 5.75 Å². The smallest absolute Gasteiger partial charge is 0.121 e. The van der Waals surface area contributed by atoms with Gasteiger partial charge in [0, 0.05) is 32.2 Å². The van der Waals surface area contributed by atoms with Gasteiger partial charge in [0.25, 0.3) is 0 Å². The zero-order chi connectivity index (χ0) is 14.4. The largest absolute Gasteiger partial charge is 0.496 e. The average Bonchev–Trinajstić information content (AvgIpc) is 2.49. The Morgan fingerprint density at radius 3 is 2.75 bits per heavy atom. The van der Waals surface area contributed by atoms with Gasteiger partial charge >= 0.3 is 0 Å². The zero-order valence-electron chi connectivity index (χ0n) is 12.7. The lowest BCUT2D eigenvalue weighted by atomic mass is 9.97. The summed E-state index contributed by atoms with van der Waals surface area (Å²) in [4.78, 5) is 2.58. The highest BCUT2D eigenvalue weighted by Crippen LogP contribution is 2.29. The van der Waals surface area contributed by atoms with Crippen LogP contribution in [0.15, 0.2) is 30.9 Å². The molecule has 0 aromatic heterocycles. The molecule has 1 fully saturated rings. The van der Waals surface area contributed by atoms with Gasteiger partial charge in [-0.25, -0.2) is 0 Å². The van der Waals surface area contributed by atoms with Crippen molar-refractivity contribution in [1.29, 1.82) is 0 Å². The number of ether oxygens (including phenoxy) is 1. The van der Waals surface area contributed by atoms with Crippen molar-refractivity contribution in [3.05, 3.63) is 42.0 Å². The van der Waals surface area contributed by atoms with E-state index in [-0.39, 0.29) is 0 Å². The summed E-state index contributed by atoms with van der Waals surface area (Å²) >= 11 is 0. The lowest BCUT2D eigenvalue weighted by Gasteiger charge is -2.35. The molecule has 0 spiro atoms. The van der Waals surface area contributed by atoms with Gasteiger partial charge in [0.05, 0.1) is 7.11 Å². The molecule has 0 saturated carbocycles. The predicted octanol–water partition coefficient (Wildman–Crippen LogP) is 2.92. The summed E-state index contributed by atoms with van der Waals surface area (Å²) in [5, 5.41) is 3.42. The molecule has 0 aliphatic carbocycles. The number of hydrogen-bond donors (Lipinski definition) is 1. The van der Waals surface area contributed by atoms with Crippen LogP contribution in [0.4, 0.5) is 0 Å². The van der Waals surface area contributed by atoms with E-state index < -0.39 is 0 Å². The van der Waals surface area contributed by atoms with Gasteiger partial charge < -0.3 is 10.1 Å². The van der Waals surface area contributed by atoms with Crippen LogP contribution in [-0.4, -0.2) is 38.2 Å². The van der Waals surface area contributed by atoms with Crippen molar-refractivity contribution in [2.75, 3.05) is 33.3 Å². The number of nitrogens with zero attached hydrogens (tertiary/aromatic N) is 1. The van der Waals surface area contributed by atoms with Gasteiger partial charge in [0.15, 0.2) is 0 Å². The van der Waals surface area contributed by atoms with E-state index in [0.717, 1.165) is 44.8 Å². The van der Waals surface area contributed by atoms with Crippen LogP contribution in [-0.2, 0) is 0 Å². The molecule has 0 amide bonds. The maximum atomic E-state index is 5.37. The van der Waals surface area contributed by atoms with E-state index in [0.29, 0.717) is 6.04 Å². The van der Waals surface area contributed by atoms with Gasteiger partial charge in [-0.05, 0) is 37.0 Å². The fourth-order valence-electron chi connectivity index (χ4n) is 2.94. The van der Waals surface area contributed by atoms with Crippen LogP contribution in [0.25, 0.3) is 0 Å². The third-order valence-electron chi connectivity index (χ3n) is 4.04. The molecule has 110 valence electrons. The van der Waals surface area contributed by atoms with E-state index in [1.54, 1.807) is 7.11 Å². The number of allylic oxidation sites excluding steroid dienone is 1. The molecule has 1 atom stereocenters. The second-order valence-corrected chi connectivity index (χ2v) is 5.40. The Hall–Kier alpha value is -1.32. The Morgan fingerprint density at radius 2 is 2.15 bits per heavy atom. The molecule has 1 aromatic carbocycles. The molecule has 0 radical (unpaired) electrons. The minimum Gasteiger partial charge on any atom is -0.496 e. The van der Waals surface area contributed by atoms with Crippen LogP contribution in [0, 0.1) is 6.92 Å². The lowest BCUT2D eigenvalue weighted by Crippen LogP contribution is -2.45. The summed E-state index contributed by atoms with van der Waals surface area (Å²) < 4.78 is 5.37. The summed E-state index contributed by atoms with van der Waals surface area (Å²) in [6.07, 6.45) is 4.21. The molecule has 1 N–H and O–H groups in total. The van der Waals surface area contributed by atoms with Crippen molar-refractivity contribution in [2.24, 2.45) is 0 Å². The molecule has 3 heteroatoms. The molecule has 3 nitrogen and oxygen atoms in total. The first kappa shape index (κ1) is 15.1. The number of methoxy groups -OCH3 is 1. The first-order valence-corrected chi connectivity index (χ1v) is 7.46. The maximum absolute atomic E-state index is 5.37. The quantitative estimate of drug-likeness (QED) is 0.807. The molecular formula is C17H26N2O.